The van der Waals surface area contributed by atoms with Gasteiger partial charge in [0.15, 0.2) is 0 Å². The number of alkyl halides is 1. The maximum absolute atomic E-state index is 12.1. The quantitative estimate of drug-likeness (QED) is 0.838. The summed E-state index contributed by atoms with van der Waals surface area (Å²) in [7, 11) is 1.91. The first kappa shape index (κ1) is 12.8. The third kappa shape index (κ3) is 3.16. The van der Waals surface area contributed by atoms with Gasteiger partial charge in [0.25, 0.3) is 0 Å². The summed E-state index contributed by atoms with van der Waals surface area (Å²) in [6.07, 6.45) is 3.80. The van der Waals surface area contributed by atoms with Crippen LogP contribution in [0, 0.1) is 6.92 Å². The summed E-state index contributed by atoms with van der Waals surface area (Å²) in [6.45, 7) is 3.36. The summed E-state index contributed by atoms with van der Waals surface area (Å²) in [5.41, 5.74) is 3.14. The first-order valence-corrected chi connectivity index (χ1v) is 5.97. The molecule has 0 atom stereocenters. The smallest absolute Gasteiger partial charge is 0.109 e. The lowest BCUT2D eigenvalue weighted by molar-refractivity contribution is 0.425. The van der Waals surface area contributed by atoms with Crippen LogP contribution in [-0.4, -0.2) is 26.2 Å². The van der Waals surface area contributed by atoms with Crippen LogP contribution in [0.3, 0.4) is 0 Å². The number of aryl methyl sites for hydroxylation is 3. The average Bonchev–Trinajstić information content (AvgIpc) is 2.87. The van der Waals surface area contributed by atoms with Crippen molar-refractivity contribution in [3.63, 3.8) is 0 Å². The molecule has 0 unspecified atom stereocenters. The van der Waals surface area contributed by atoms with Crippen molar-refractivity contribution in [2.24, 2.45) is 7.05 Å². The van der Waals surface area contributed by atoms with Crippen molar-refractivity contribution < 1.29 is 4.39 Å². The van der Waals surface area contributed by atoms with Crippen molar-refractivity contribution in [2.75, 3.05) is 6.67 Å². The second-order valence-electron chi connectivity index (χ2n) is 4.28. The minimum atomic E-state index is -0.385. The van der Waals surface area contributed by atoms with Crippen molar-refractivity contribution in [1.29, 1.82) is 0 Å². The van der Waals surface area contributed by atoms with E-state index in [2.05, 4.69) is 15.5 Å². The van der Waals surface area contributed by atoms with Crippen LogP contribution in [0.5, 0.6) is 0 Å². The Kier molecular flexibility index (Phi) is 4.09. The molecule has 2 aromatic heterocycles. The Morgan fingerprint density at radius 3 is 2.83 bits per heavy atom. The van der Waals surface area contributed by atoms with Gasteiger partial charge in [0.2, 0.25) is 0 Å². The average molecular weight is 251 g/mol. The Bertz CT molecular complexity index is 502. The topological polar surface area (TPSA) is 47.7 Å². The predicted molar refractivity (Wildman–Crippen MR) is 66.7 cm³/mol. The molecule has 0 saturated heterocycles. The van der Waals surface area contributed by atoms with Gasteiger partial charge in [-0.3, -0.25) is 9.36 Å². The molecule has 0 spiro atoms. The zero-order valence-electron chi connectivity index (χ0n) is 10.7. The van der Waals surface area contributed by atoms with Crippen LogP contribution < -0.4 is 5.32 Å². The minimum Gasteiger partial charge on any atom is -0.307 e. The largest absolute Gasteiger partial charge is 0.307 e. The molecule has 98 valence electrons. The van der Waals surface area contributed by atoms with Gasteiger partial charge in [0, 0.05) is 38.1 Å². The molecule has 0 aliphatic carbocycles. The molecule has 0 bridgehead atoms. The third-order valence-electron chi connectivity index (χ3n) is 2.75. The first-order chi connectivity index (χ1) is 8.69. The third-order valence-corrected chi connectivity index (χ3v) is 2.75. The fourth-order valence-corrected chi connectivity index (χ4v) is 1.86. The molecule has 2 heterocycles. The maximum Gasteiger partial charge on any atom is 0.109 e. The summed E-state index contributed by atoms with van der Waals surface area (Å²) in [5.74, 6) is 0. The molecule has 5 nitrogen and oxygen atoms in total. The van der Waals surface area contributed by atoms with Gasteiger partial charge in [-0.2, -0.15) is 10.2 Å². The van der Waals surface area contributed by atoms with Crippen LogP contribution in [0.1, 0.15) is 17.0 Å². The lowest BCUT2D eigenvalue weighted by Gasteiger charge is -2.01. The highest BCUT2D eigenvalue weighted by molar-refractivity contribution is 5.15. The lowest BCUT2D eigenvalue weighted by atomic mass is 10.2. The summed E-state index contributed by atoms with van der Waals surface area (Å²) in [4.78, 5) is 0. The van der Waals surface area contributed by atoms with Crippen molar-refractivity contribution in [1.82, 2.24) is 24.9 Å². The van der Waals surface area contributed by atoms with Crippen LogP contribution in [0.2, 0.25) is 0 Å². The fraction of sp³-hybridized carbons (Fsp3) is 0.500. The molecule has 0 aliphatic rings. The molecule has 18 heavy (non-hydrogen) atoms. The zero-order chi connectivity index (χ0) is 13.0. The second-order valence-corrected chi connectivity index (χ2v) is 4.28. The highest BCUT2D eigenvalue weighted by Crippen LogP contribution is 2.04. The highest BCUT2D eigenvalue weighted by atomic mass is 19.1. The molecule has 1 N–H and O–H groups in total. The number of hydrogen-bond acceptors (Lipinski definition) is 3. The van der Waals surface area contributed by atoms with Gasteiger partial charge in [-0.1, -0.05) is 0 Å². The molecule has 0 aromatic carbocycles. The molecule has 6 heteroatoms. The van der Waals surface area contributed by atoms with E-state index in [9.17, 15) is 4.39 Å². The maximum atomic E-state index is 12.1. The number of halogens is 1. The van der Waals surface area contributed by atoms with Gasteiger partial charge in [0.05, 0.1) is 17.9 Å². The van der Waals surface area contributed by atoms with Crippen molar-refractivity contribution in [3.05, 3.63) is 35.4 Å². The van der Waals surface area contributed by atoms with Crippen molar-refractivity contribution in [2.45, 2.75) is 26.6 Å². The second kappa shape index (κ2) is 5.77. The van der Waals surface area contributed by atoms with Crippen LogP contribution in [-0.2, 0) is 26.7 Å². The Morgan fingerprint density at radius 1 is 1.33 bits per heavy atom. The van der Waals surface area contributed by atoms with Gasteiger partial charge in [-0.25, -0.2) is 4.39 Å². The predicted octanol–water partition coefficient (Wildman–Crippen LogP) is 1.18. The molecular formula is C12H18FN5. The van der Waals surface area contributed by atoms with Gasteiger partial charge < -0.3 is 5.32 Å². The van der Waals surface area contributed by atoms with Crippen LogP contribution >= 0.6 is 0 Å². The molecule has 2 rings (SSSR count). The summed E-state index contributed by atoms with van der Waals surface area (Å²) in [5, 5.41) is 11.8. The van der Waals surface area contributed by atoms with Crippen LogP contribution in [0.4, 0.5) is 4.39 Å². The summed E-state index contributed by atoms with van der Waals surface area (Å²) >= 11 is 0. The molecular weight excluding hydrogens is 233 g/mol. The van der Waals surface area contributed by atoms with E-state index in [1.807, 2.05) is 30.9 Å². The zero-order valence-corrected chi connectivity index (χ0v) is 10.7. The highest BCUT2D eigenvalue weighted by Gasteiger charge is 2.03. The van der Waals surface area contributed by atoms with E-state index in [-0.39, 0.29) is 6.67 Å². The van der Waals surface area contributed by atoms with E-state index in [4.69, 9.17) is 0 Å². The van der Waals surface area contributed by atoms with Crippen LogP contribution in [0.15, 0.2) is 18.5 Å². The SMILES string of the molecule is Cc1nn(C)cc1CNCc1ccn(CCF)n1. The van der Waals surface area contributed by atoms with E-state index >= 15 is 0 Å². The number of rotatable bonds is 6. The van der Waals surface area contributed by atoms with Gasteiger partial charge in [0.1, 0.15) is 6.67 Å². The monoisotopic (exact) mass is 251 g/mol. The molecule has 0 saturated carbocycles. The Balaban J connectivity index is 1.82. The van der Waals surface area contributed by atoms with Gasteiger partial charge in [-0.15, -0.1) is 0 Å². The van der Waals surface area contributed by atoms with E-state index in [1.54, 1.807) is 10.9 Å². The Hall–Kier alpha value is -1.69. The summed E-state index contributed by atoms with van der Waals surface area (Å²) < 4.78 is 15.5. The lowest BCUT2D eigenvalue weighted by Crippen LogP contribution is -2.14. The number of nitrogens with one attached hydrogen (secondary N) is 1. The van der Waals surface area contributed by atoms with Crippen LogP contribution in [0.25, 0.3) is 0 Å². The molecule has 0 fully saturated rings. The first-order valence-electron chi connectivity index (χ1n) is 5.97. The Labute approximate surface area is 106 Å². The Morgan fingerprint density at radius 2 is 2.17 bits per heavy atom. The van der Waals surface area contributed by atoms with Crippen molar-refractivity contribution in [3.8, 4) is 0 Å². The van der Waals surface area contributed by atoms with E-state index in [1.165, 1.54) is 5.56 Å². The van der Waals surface area contributed by atoms with E-state index in [0.717, 1.165) is 17.9 Å². The number of nitrogens with zero attached hydrogens (tertiary/aromatic N) is 4. The standard InChI is InChI=1S/C12H18FN5/c1-10-11(9-17(2)15-10)7-14-8-12-3-5-18(16-12)6-4-13/h3,5,9,14H,4,6-8H2,1-2H3. The number of aromatic nitrogens is 4. The normalized spacial score (nSPS) is 11.1. The minimum absolute atomic E-state index is 0.321. The molecule has 0 amide bonds. The fourth-order valence-electron chi connectivity index (χ4n) is 1.86. The van der Waals surface area contributed by atoms with Gasteiger partial charge >= 0.3 is 0 Å². The van der Waals surface area contributed by atoms with Crippen molar-refractivity contribution >= 4 is 0 Å². The van der Waals surface area contributed by atoms with E-state index < -0.39 is 0 Å². The number of hydrogen-bond donors (Lipinski definition) is 1. The van der Waals surface area contributed by atoms with E-state index in [0.29, 0.717) is 13.1 Å². The molecule has 0 radical (unpaired) electrons. The molecule has 2 aromatic rings. The summed E-state index contributed by atoms with van der Waals surface area (Å²) in [6, 6.07) is 1.90. The molecule has 0 aliphatic heterocycles. The van der Waals surface area contributed by atoms with Gasteiger partial charge in [-0.05, 0) is 13.0 Å².